The lowest BCUT2D eigenvalue weighted by atomic mass is 9.95. The Morgan fingerprint density at radius 2 is 2.05 bits per heavy atom. The highest BCUT2D eigenvalue weighted by Gasteiger charge is 2.26. The summed E-state index contributed by atoms with van der Waals surface area (Å²) < 4.78 is 0. The molecule has 2 amide bonds. The lowest BCUT2D eigenvalue weighted by molar-refractivity contribution is -0.134. The standard InChI is InChI=1S/C17H24N2O2/c1-3-14-8-7-11-19(12-14)17(21)13(2)18-16(20)15-9-5-4-6-10-15/h4-6,9-10,13-14H,3,7-8,11-12H2,1-2H3,(H,18,20). The van der Waals surface area contributed by atoms with Crippen molar-refractivity contribution in [3.63, 3.8) is 0 Å². The quantitative estimate of drug-likeness (QED) is 0.925. The van der Waals surface area contributed by atoms with Crippen LogP contribution in [0.1, 0.15) is 43.5 Å². The molecule has 114 valence electrons. The normalized spacial score (nSPS) is 19.9. The summed E-state index contributed by atoms with van der Waals surface area (Å²) in [5.74, 6) is 0.428. The highest BCUT2D eigenvalue weighted by Crippen LogP contribution is 2.19. The van der Waals surface area contributed by atoms with Crippen LogP contribution >= 0.6 is 0 Å². The molecule has 0 radical (unpaired) electrons. The number of nitrogens with zero attached hydrogens (tertiary/aromatic N) is 1. The van der Waals surface area contributed by atoms with E-state index in [0.717, 1.165) is 25.9 Å². The average Bonchev–Trinajstić information content (AvgIpc) is 2.54. The molecule has 1 fully saturated rings. The fraction of sp³-hybridized carbons (Fsp3) is 0.529. The number of piperidine rings is 1. The number of carbonyl (C=O) groups excluding carboxylic acids is 2. The highest BCUT2D eigenvalue weighted by molar-refractivity contribution is 5.97. The number of hydrogen-bond acceptors (Lipinski definition) is 2. The summed E-state index contributed by atoms with van der Waals surface area (Å²) in [6.45, 7) is 5.56. The van der Waals surface area contributed by atoms with Gasteiger partial charge in [0.2, 0.25) is 5.91 Å². The second-order valence-electron chi connectivity index (χ2n) is 5.76. The van der Waals surface area contributed by atoms with Crippen molar-refractivity contribution in [2.24, 2.45) is 5.92 Å². The minimum atomic E-state index is -0.478. The molecule has 1 heterocycles. The van der Waals surface area contributed by atoms with Crippen LogP contribution in [0.15, 0.2) is 30.3 Å². The van der Waals surface area contributed by atoms with Gasteiger partial charge in [0.25, 0.3) is 5.91 Å². The van der Waals surface area contributed by atoms with Crippen LogP contribution in [0.2, 0.25) is 0 Å². The molecule has 0 bridgehead atoms. The molecule has 2 atom stereocenters. The Morgan fingerprint density at radius 1 is 1.33 bits per heavy atom. The van der Waals surface area contributed by atoms with Crippen molar-refractivity contribution >= 4 is 11.8 Å². The van der Waals surface area contributed by atoms with Crippen LogP contribution in [0.4, 0.5) is 0 Å². The number of carbonyl (C=O) groups is 2. The van der Waals surface area contributed by atoms with Crippen LogP contribution in [-0.2, 0) is 4.79 Å². The third-order valence-electron chi connectivity index (χ3n) is 4.16. The van der Waals surface area contributed by atoms with Gasteiger partial charge >= 0.3 is 0 Å². The Balaban J connectivity index is 1.92. The van der Waals surface area contributed by atoms with Gasteiger partial charge in [0.05, 0.1) is 0 Å². The molecule has 0 saturated carbocycles. The van der Waals surface area contributed by atoms with Crippen molar-refractivity contribution in [1.29, 1.82) is 0 Å². The summed E-state index contributed by atoms with van der Waals surface area (Å²) in [6, 6.07) is 8.52. The zero-order valence-electron chi connectivity index (χ0n) is 12.8. The van der Waals surface area contributed by atoms with Gasteiger partial charge in [-0.2, -0.15) is 0 Å². The molecule has 2 rings (SSSR count). The zero-order valence-corrected chi connectivity index (χ0v) is 12.8. The van der Waals surface area contributed by atoms with Crippen LogP contribution in [0.5, 0.6) is 0 Å². The van der Waals surface area contributed by atoms with Crippen molar-refractivity contribution in [1.82, 2.24) is 10.2 Å². The van der Waals surface area contributed by atoms with E-state index >= 15 is 0 Å². The number of nitrogens with one attached hydrogen (secondary N) is 1. The SMILES string of the molecule is CCC1CCCN(C(=O)C(C)NC(=O)c2ccccc2)C1. The number of benzene rings is 1. The molecule has 4 heteroatoms. The molecule has 1 aliphatic rings. The Labute approximate surface area is 126 Å². The van der Waals surface area contributed by atoms with Crippen molar-refractivity contribution in [3.8, 4) is 0 Å². The number of rotatable bonds is 4. The number of amides is 2. The topological polar surface area (TPSA) is 49.4 Å². The van der Waals surface area contributed by atoms with Crippen LogP contribution < -0.4 is 5.32 Å². The van der Waals surface area contributed by atoms with E-state index in [4.69, 9.17) is 0 Å². The summed E-state index contributed by atoms with van der Waals surface area (Å²) in [7, 11) is 0. The first-order valence-corrected chi connectivity index (χ1v) is 7.76. The molecule has 2 unspecified atom stereocenters. The average molecular weight is 288 g/mol. The molecule has 0 spiro atoms. The van der Waals surface area contributed by atoms with Gasteiger partial charge in [0, 0.05) is 18.7 Å². The molecule has 4 nitrogen and oxygen atoms in total. The predicted molar refractivity (Wildman–Crippen MR) is 83.0 cm³/mol. The van der Waals surface area contributed by atoms with Crippen LogP contribution in [0, 0.1) is 5.92 Å². The highest BCUT2D eigenvalue weighted by atomic mass is 16.2. The Kier molecular flexibility index (Phi) is 5.37. The molecular formula is C17H24N2O2. The van der Waals surface area contributed by atoms with Gasteiger partial charge in [0.15, 0.2) is 0 Å². The number of likely N-dealkylation sites (tertiary alicyclic amines) is 1. The van der Waals surface area contributed by atoms with E-state index in [-0.39, 0.29) is 11.8 Å². The maximum atomic E-state index is 12.4. The molecule has 0 aliphatic carbocycles. The lowest BCUT2D eigenvalue weighted by Crippen LogP contribution is -2.50. The van der Waals surface area contributed by atoms with Crippen LogP contribution in [-0.4, -0.2) is 35.8 Å². The number of hydrogen-bond donors (Lipinski definition) is 1. The van der Waals surface area contributed by atoms with Gasteiger partial charge < -0.3 is 10.2 Å². The van der Waals surface area contributed by atoms with Crippen LogP contribution in [0.3, 0.4) is 0 Å². The largest absolute Gasteiger partial charge is 0.341 e. The third-order valence-corrected chi connectivity index (χ3v) is 4.16. The van der Waals surface area contributed by atoms with Gasteiger partial charge in [-0.3, -0.25) is 9.59 Å². The van der Waals surface area contributed by atoms with E-state index in [2.05, 4.69) is 12.2 Å². The molecule has 1 aromatic carbocycles. The Bertz CT molecular complexity index is 487. The second-order valence-corrected chi connectivity index (χ2v) is 5.76. The molecule has 1 aromatic rings. The van der Waals surface area contributed by atoms with E-state index < -0.39 is 6.04 Å². The second kappa shape index (κ2) is 7.25. The maximum absolute atomic E-state index is 12.4. The summed E-state index contributed by atoms with van der Waals surface area (Å²) in [4.78, 5) is 26.4. The third kappa shape index (κ3) is 4.06. The van der Waals surface area contributed by atoms with Crippen LogP contribution in [0.25, 0.3) is 0 Å². The Morgan fingerprint density at radius 3 is 2.71 bits per heavy atom. The molecular weight excluding hydrogens is 264 g/mol. The monoisotopic (exact) mass is 288 g/mol. The predicted octanol–water partition coefficient (Wildman–Crippen LogP) is 2.45. The molecule has 1 aliphatic heterocycles. The van der Waals surface area contributed by atoms with E-state index in [1.54, 1.807) is 19.1 Å². The van der Waals surface area contributed by atoms with Crippen molar-refractivity contribution < 1.29 is 9.59 Å². The van der Waals surface area contributed by atoms with E-state index in [9.17, 15) is 9.59 Å². The lowest BCUT2D eigenvalue weighted by Gasteiger charge is -2.34. The van der Waals surface area contributed by atoms with E-state index in [1.165, 1.54) is 6.42 Å². The van der Waals surface area contributed by atoms with Crippen molar-refractivity contribution in [2.75, 3.05) is 13.1 Å². The van der Waals surface area contributed by atoms with E-state index in [0.29, 0.717) is 11.5 Å². The first-order chi connectivity index (χ1) is 10.1. The first-order valence-electron chi connectivity index (χ1n) is 7.76. The summed E-state index contributed by atoms with van der Waals surface area (Å²) in [5, 5.41) is 2.80. The van der Waals surface area contributed by atoms with Gasteiger partial charge in [-0.05, 0) is 37.8 Å². The Hall–Kier alpha value is -1.84. The molecule has 1 saturated heterocycles. The van der Waals surface area contributed by atoms with Crippen molar-refractivity contribution in [3.05, 3.63) is 35.9 Å². The molecule has 1 N–H and O–H groups in total. The van der Waals surface area contributed by atoms with E-state index in [1.807, 2.05) is 23.1 Å². The fourth-order valence-corrected chi connectivity index (χ4v) is 2.80. The van der Waals surface area contributed by atoms with Gasteiger partial charge in [-0.25, -0.2) is 0 Å². The van der Waals surface area contributed by atoms with Gasteiger partial charge in [-0.1, -0.05) is 31.5 Å². The minimum Gasteiger partial charge on any atom is -0.341 e. The zero-order chi connectivity index (χ0) is 15.2. The summed E-state index contributed by atoms with van der Waals surface area (Å²) in [6.07, 6.45) is 3.36. The summed E-state index contributed by atoms with van der Waals surface area (Å²) >= 11 is 0. The van der Waals surface area contributed by atoms with Gasteiger partial charge in [0.1, 0.15) is 6.04 Å². The smallest absolute Gasteiger partial charge is 0.251 e. The van der Waals surface area contributed by atoms with Gasteiger partial charge in [-0.15, -0.1) is 0 Å². The molecule has 0 aromatic heterocycles. The van der Waals surface area contributed by atoms with Crippen molar-refractivity contribution in [2.45, 2.75) is 39.2 Å². The molecule has 21 heavy (non-hydrogen) atoms. The fourth-order valence-electron chi connectivity index (χ4n) is 2.80. The summed E-state index contributed by atoms with van der Waals surface area (Å²) in [5.41, 5.74) is 0.585. The first kappa shape index (κ1) is 15.5. The maximum Gasteiger partial charge on any atom is 0.251 e. The minimum absolute atomic E-state index is 0.0254.